The molecule has 0 aliphatic heterocycles. The standard InChI is InChI=1S/C26H24OSi/c1-28(25-20-12-5-13-21-25,27-24-18-10-4-11-19-24)26(22-14-6-2-7-15-22)23-16-8-3-9-17-23/h2-21,26H,1H3. The van der Waals surface area contributed by atoms with E-state index in [-0.39, 0.29) is 5.54 Å². The molecule has 4 rings (SSSR count). The van der Waals surface area contributed by atoms with E-state index >= 15 is 0 Å². The van der Waals surface area contributed by atoms with Crippen LogP contribution in [0.25, 0.3) is 0 Å². The van der Waals surface area contributed by atoms with Crippen LogP contribution in [0.1, 0.15) is 16.7 Å². The molecule has 0 saturated carbocycles. The van der Waals surface area contributed by atoms with E-state index in [0.29, 0.717) is 0 Å². The molecule has 0 heterocycles. The lowest BCUT2D eigenvalue weighted by molar-refractivity contribution is 0.544. The fourth-order valence-electron chi connectivity index (χ4n) is 3.91. The maximum atomic E-state index is 6.90. The number of rotatable bonds is 6. The lowest BCUT2D eigenvalue weighted by Gasteiger charge is -2.37. The molecule has 138 valence electrons. The number of benzene rings is 4. The molecule has 0 spiro atoms. The summed E-state index contributed by atoms with van der Waals surface area (Å²) in [5, 5.41) is 1.29. The van der Waals surface area contributed by atoms with Crippen LogP contribution in [-0.2, 0) is 0 Å². The minimum atomic E-state index is -2.48. The van der Waals surface area contributed by atoms with Crippen LogP contribution in [0, 0.1) is 0 Å². The lowest BCUT2D eigenvalue weighted by Crippen LogP contribution is -2.56. The van der Waals surface area contributed by atoms with Crippen LogP contribution in [0.15, 0.2) is 121 Å². The molecule has 1 nitrogen and oxygen atoms in total. The van der Waals surface area contributed by atoms with Crippen LogP contribution in [0.5, 0.6) is 5.75 Å². The summed E-state index contributed by atoms with van der Waals surface area (Å²) in [7, 11) is -2.48. The maximum absolute atomic E-state index is 6.90. The van der Waals surface area contributed by atoms with E-state index in [1.165, 1.54) is 16.3 Å². The normalized spacial score (nSPS) is 13.1. The summed E-state index contributed by atoms with van der Waals surface area (Å²) in [5.74, 6) is 0.928. The number of para-hydroxylation sites is 1. The van der Waals surface area contributed by atoms with E-state index in [0.717, 1.165) is 5.75 Å². The molecule has 0 N–H and O–H groups in total. The first-order valence-electron chi connectivity index (χ1n) is 9.67. The Morgan fingerprint density at radius 2 is 0.929 bits per heavy atom. The molecule has 1 unspecified atom stereocenters. The van der Waals surface area contributed by atoms with Crippen molar-refractivity contribution >= 4 is 13.5 Å². The fraction of sp³-hybridized carbons (Fsp3) is 0.0769. The molecule has 0 aliphatic rings. The Bertz CT molecular complexity index is 948. The van der Waals surface area contributed by atoms with Gasteiger partial charge in [0, 0.05) is 5.54 Å². The zero-order valence-electron chi connectivity index (χ0n) is 16.0. The van der Waals surface area contributed by atoms with Crippen LogP contribution < -0.4 is 9.61 Å². The average molecular weight is 381 g/mol. The van der Waals surface area contributed by atoms with E-state index < -0.39 is 8.32 Å². The highest BCUT2D eigenvalue weighted by Gasteiger charge is 2.44. The van der Waals surface area contributed by atoms with E-state index in [1.807, 2.05) is 18.2 Å². The van der Waals surface area contributed by atoms with Gasteiger partial charge in [0.1, 0.15) is 5.75 Å². The van der Waals surface area contributed by atoms with Gasteiger partial charge in [-0.15, -0.1) is 0 Å². The zero-order valence-corrected chi connectivity index (χ0v) is 17.0. The smallest absolute Gasteiger partial charge is 0.291 e. The molecule has 28 heavy (non-hydrogen) atoms. The molecule has 0 fully saturated rings. The van der Waals surface area contributed by atoms with E-state index in [4.69, 9.17) is 4.43 Å². The third kappa shape index (κ3) is 3.78. The van der Waals surface area contributed by atoms with E-state index in [2.05, 4.69) is 110 Å². The summed E-state index contributed by atoms with van der Waals surface area (Å²) in [6.45, 7) is 2.33. The molecule has 0 bridgehead atoms. The third-order valence-corrected chi connectivity index (χ3v) is 9.14. The van der Waals surface area contributed by atoms with Gasteiger partial charge in [0.15, 0.2) is 0 Å². The van der Waals surface area contributed by atoms with Crippen LogP contribution in [0.4, 0.5) is 0 Å². The third-order valence-electron chi connectivity index (χ3n) is 5.24. The van der Waals surface area contributed by atoms with Crippen LogP contribution >= 0.6 is 0 Å². The average Bonchev–Trinajstić information content (AvgIpc) is 2.77. The maximum Gasteiger partial charge on any atom is 0.291 e. The molecule has 0 aliphatic carbocycles. The minimum Gasteiger partial charge on any atom is -0.538 e. The van der Waals surface area contributed by atoms with Gasteiger partial charge in [-0.05, 0) is 35.0 Å². The van der Waals surface area contributed by atoms with Crippen molar-refractivity contribution in [1.29, 1.82) is 0 Å². The molecule has 0 aromatic heterocycles. The lowest BCUT2D eigenvalue weighted by atomic mass is 10.0. The quantitative estimate of drug-likeness (QED) is 0.377. The number of hydrogen-bond acceptors (Lipinski definition) is 1. The predicted molar refractivity (Wildman–Crippen MR) is 119 cm³/mol. The van der Waals surface area contributed by atoms with Crippen molar-refractivity contribution in [3.63, 3.8) is 0 Å². The molecule has 0 amide bonds. The van der Waals surface area contributed by atoms with Gasteiger partial charge in [0.05, 0.1) is 0 Å². The molecule has 0 saturated heterocycles. The summed E-state index contributed by atoms with van der Waals surface area (Å²) in [6, 6.07) is 42.5. The summed E-state index contributed by atoms with van der Waals surface area (Å²) in [6.07, 6.45) is 0. The largest absolute Gasteiger partial charge is 0.538 e. The van der Waals surface area contributed by atoms with Crippen LogP contribution in [0.2, 0.25) is 6.55 Å². The second-order valence-electron chi connectivity index (χ2n) is 7.14. The second-order valence-corrected chi connectivity index (χ2v) is 10.7. The molecular weight excluding hydrogens is 356 g/mol. The van der Waals surface area contributed by atoms with Gasteiger partial charge >= 0.3 is 0 Å². The van der Waals surface area contributed by atoms with Crippen molar-refractivity contribution in [2.24, 2.45) is 0 Å². The van der Waals surface area contributed by atoms with Gasteiger partial charge in [-0.25, -0.2) is 0 Å². The topological polar surface area (TPSA) is 9.23 Å². The Labute approximate surface area is 168 Å². The Morgan fingerprint density at radius 3 is 1.39 bits per heavy atom. The molecular formula is C26H24OSi. The van der Waals surface area contributed by atoms with Crippen molar-refractivity contribution in [3.8, 4) is 5.75 Å². The predicted octanol–water partition coefficient (Wildman–Crippen LogP) is 5.92. The molecule has 2 heteroatoms. The van der Waals surface area contributed by atoms with Gasteiger partial charge in [0.2, 0.25) is 0 Å². The highest BCUT2D eigenvalue weighted by Crippen LogP contribution is 2.35. The first kappa shape index (κ1) is 18.3. The fourth-order valence-corrected chi connectivity index (χ4v) is 7.61. The zero-order chi connectivity index (χ0) is 19.2. The molecule has 4 aromatic carbocycles. The van der Waals surface area contributed by atoms with Gasteiger partial charge in [-0.3, -0.25) is 0 Å². The highest BCUT2D eigenvalue weighted by molar-refractivity contribution is 6.87. The second kappa shape index (κ2) is 8.28. The van der Waals surface area contributed by atoms with Crippen LogP contribution in [0.3, 0.4) is 0 Å². The highest BCUT2D eigenvalue weighted by atomic mass is 28.4. The van der Waals surface area contributed by atoms with Gasteiger partial charge in [-0.1, -0.05) is 109 Å². The Kier molecular flexibility index (Phi) is 5.40. The van der Waals surface area contributed by atoms with Gasteiger partial charge in [0.25, 0.3) is 8.32 Å². The first-order chi connectivity index (χ1) is 13.8. The Morgan fingerprint density at radius 1 is 0.536 bits per heavy atom. The monoisotopic (exact) mass is 380 g/mol. The Hall–Kier alpha value is -3.10. The molecule has 4 aromatic rings. The van der Waals surface area contributed by atoms with Crippen molar-refractivity contribution < 1.29 is 4.43 Å². The van der Waals surface area contributed by atoms with E-state index in [1.54, 1.807) is 0 Å². The van der Waals surface area contributed by atoms with Crippen molar-refractivity contribution in [1.82, 2.24) is 0 Å². The first-order valence-corrected chi connectivity index (χ1v) is 12.2. The summed E-state index contributed by atoms with van der Waals surface area (Å²) >= 11 is 0. The van der Waals surface area contributed by atoms with Crippen LogP contribution in [-0.4, -0.2) is 8.32 Å². The summed E-state index contributed by atoms with van der Waals surface area (Å²) < 4.78 is 6.90. The van der Waals surface area contributed by atoms with Crippen molar-refractivity contribution in [2.45, 2.75) is 12.1 Å². The van der Waals surface area contributed by atoms with Crippen molar-refractivity contribution in [3.05, 3.63) is 132 Å². The summed E-state index contributed by atoms with van der Waals surface area (Å²) in [5.41, 5.74) is 2.77. The summed E-state index contributed by atoms with van der Waals surface area (Å²) in [4.78, 5) is 0. The SMILES string of the molecule is C[Si](Oc1ccccc1)(c1ccccc1)C(c1ccccc1)c1ccccc1. The molecule has 0 radical (unpaired) electrons. The van der Waals surface area contributed by atoms with Gasteiger partial charge < -0.3 is 4.43 Å². The van der Waals surface area contributed by atoms with E-state index in [9.17, 15) is 0 Å². The van der Waals surface area contributed by atoms with Crippen molar-refractivity contribution in [2.75, 3.05) is 0 Å². The minimum absolute atomic E-state index is 0.178. The van der Waals surface area contributed by atoms with Gasteiger partial charge in [-0.2, -0.15) is 0 Å². The Balaban J connectivity index is 1.91. The molecule has 1 atom stereocenters. The number of hydrogen-bond donors (Lipinski definition) is 0.